The third-order valence-electron chi connectivity index (χ3n) is 2.70. The molecule has 0 unspecified atom stereocenters. The van der Waals surface area contributed by atoms with Crippen molar-refractivity contribution in [2.75, 3.05) is 31.7 Å². The number of methoxy groups -OCH3 is 1. The van der Waals surface area contributed by atoms with Gasteiger partial charge in [0.2, 0.25) is 0 Å². The molecule has 2 heterocycles. The number of fused-ring (bicyclic) bond motifs is 1. The Labute approximate surface area is 109 Å². The first-order valence-corrected chi connectivity index (χ1v) is 5.72. The van der Waals surface area contributed by atoms with E-state index in [9.17, 15) is 4.79 Å². The van der Waals surface area contributed by atoms with E-state index in [0.717, 1.165) is 5.39 Å². The van der Waals surface area contributed by atoms with Crippen LogP contribution in [0.1, 0.15) is 0 Å². The molecule has 0 spiro atoms. The fourth-order valence-corrected chi connectivity index (χ4v) is 1.83. The first-order chi connectivity index (χ1) is 9.13. The summed E-state index contributed by atoms with van der Waals surface area (Å²) in [6.07, 6.45) is 3.04. The molecule has 0 aliphatic carbocycles. The van der Waals surface area contributed by atoms with Gasteiger partial charge in [0.1, 0.15) is 18.7 Å². The second-order valence-electron chi connectivity index (χ2n) is 4.01. The number of ether oxygens (including phenoxy) is 1. The van der Waals surface area contributed by atoms with Crippen LogP contribution in [0.3, 0.4) is 0 Å². The molecule has 0 amide bonds. The quantitative estimate of drug-likeness (QED) is 0.779. The maximum atomic E-state index is 10.9. The third kappa shape index (κ3) is 2.79. The lowest BCUT2D eigenvalue weighted by Crippen LogP contribution is -2.33. The first kappa shape index (κ1) is 13.2. The van der Waals surface area contributed by atoms with E-state index in [0.29, 0.717) is 24.6 Å². The van der Waals surface area contributed by atoms with Crippen molar-refractivity contribution in [3.05, 3.63) is 12.5 Å². The van der Waals surface area contributed by atoms with Gasteiger partial charge in [-0.25, -0.2) is 9.97 Å². The van der Waals surface area contributed by atoms with Gasteiger partial charge in [-0.1, -0.05) is 0 Å². The second kappa shape index (κ2) is 5.61. The minimum atomic E-state index is -0.924. The lowest BCUT2D eigenvalue weighted by Gasteiger charge is -2.21. The van der Waals surface area contributed by atoms with Crippen molar-refractivity contribution in [2.45, 2.75) is 0 Å². The molecule has 0 bridgehead atoms. The number of hydrogen-bond acceptors (Lipinski definition) is 6. The molecule has 2 aromatic rings. The monoisotopic (exact) mass is 265 g/mol. The van der Waals surface area contributed by atoms with Gasteiger partial charge in [-0.15, -0.1) is 0 Å². The van der Waals surface area contributed by atoms with Crippen molar-refractivity contribution < 1.29 is 14.6 Å². The van der Waals surface area contributed by atoms with Crippen molar-refractivity contribution in [3.8, 4) is 0 Å². The summed E-state index contributed by atoms with van der Waals surface area (Å²) in [5.41, 5.74) is 0.665. The highest BCUT2D eigenvalue weighted by Crippen LogP contribution is 2.21. The SMILES string of the molecule is COCCN(CC(=O)O)c1ncnc2c1cnn2C. The Morgan fingerprint density at radius 1 is 1.53 bits per heavy atom. The molecule has 0 atom stereocenters. The fourth-order valence-electron chi connectivity index (χ4n) is 1.83. The number of aryl methyl sites for hydroxylation is 1. The molecule has 0 aliphatic heterocycles. The highest BCUT2D eigenvalue weighted by Gasteiger charge is 2.16. The largest absolute Gasteiger partial charge is 0.480 e. The highest BCUT2D eigenvalue weighted by atomic mass is 16.5. The maximum absolute atomic E-state index is 10.9. The average molecular weight is 265 g/mol. The average Bonchev–Trinajstić information content (AvgIpc) is 2.76. The van der Waals surface area contributed by atoms with Gasteiger partial charge in [-0.3, -0.25) is 9.48 Å². The van der Waals surface area contributed by atoms with Gasteiger partial charge in [0.25, 0.3) is 0 Å². The van der Waals surface area contributed by atoms with Crippen molar-refractivity contribution in [2.24, 2.45) is 7.05 Å². The summed E-state index contributed by atoms with van der Waals surface area (Å²) >= 11 is 0. The van der Waals surface area contributed by atoms with E-state index in [1.807, 2.05) is 0 Å². The van der Waals surface area contributed by atoms with Crippen molar-refractivity contribution in [1.29, 1.82) is 0 Å². The molecule has 1 N–H and O–H groups in total. The molecule has 0 aromatic carbocycles. The van der Waals surface area contributed by atoms with Crippen LogP contribution >= 0.6 is 0 Å². The fraction of sp³-hybridized carbons (Fsp3) is 0.455. The van der Waals surface area contributed by atoms with Crippen molar-refractivity contribution in [3.63, 3.8) is 0 Å². The van der Waals surface area contributed by atoms with Crippen LogP contribution in [0.25, 0.3) is 11.0 Å². The molecule has 0 saturated heterocycles. The molecule has 0 radical (unpaired) electrons. The third-order valence-corrected chi connectivity index (χ3v) is 2.70. The standard InChI is InChI=1S/C11H15N5O3/c1-15-10-8(5-14-15)11(13-7-12-10)16(3-4-19-2)6-9(17)18/h5,7H,3-4,6H2,1-2H3,(H,17,18). The zero-order valence-corrected chi connectivity index (χ0v) is 10.8. The minimum absolute atomic E-state index is 0.148. The number of nitrogens with zero attached hydrogens (tertiary/aromatic N) is 5. The zero-order valence-electron chi connectivity index (χ0n) is 10.8. The molecular weight excluding hydrogens is 250 g/mol. The van der Waals surface area contributed by atoms with Crippen LogP contribution in [-0.2, 0) is 16.6 Å². The molecule has 8 heteroatoms. The molecule has 8 nitrogen and oxygen atoms in total. The van der Waals surface area contributed by atoms with Gasteiger partial charge in [-0.2, -0.15) is 5.10 Å². The summed E-state index contributed by atoms with van der Waals surface area (Å²) in [6.45, 7) is 0.702. The Bertz CT molecular complexity index is 583. The second-order valence-corrected chi connectivity index (χ2v) is 4.01. The van der Waals surface area contributed by atoms with E-state index in [4.69, 9.17) is 9.84 Å². The summed E-state index contributed by atoms with van der Waals surface area (Å²) in [4.78, 5) is 20.9. The van der Waals surface area contributed by atoms with Crippen LogP contribution in [0.4, 0.5) is 5.82 Å². The van der Waals surface area contributed by atoms with E-state index >= 15 is 0 Å². The Kier molecular flexibility index (Phi) is 3.91. The number of anilines is 1. The summed E-state index contributed by atoms with van der Waals surface area (Å²) < 4.78 is 6.61. The summed E-state index contributed by atoms with van der Waals surface area (Å²) in [6, 6.07) is 0. The van der Waals surface area contributed by atoms with Crippen LogP contribution < -0.4 is 4.90 Å². The van der Waals surface area contributed by atoms with Gasteiger partial charge in [0, 0.05) is 20.7 Å². The van der Waals surface area contributed by atoms with Gasteiger partial charge >= 0.3 is 5.97 Å². The molecule has 0 saturated carbocycles. The molecule has 0 fully saturated rings. The number of carbonyl (C=O) groups is 1. The van der Waals surface area contributed by atoms with Crippen LogP contribution in [0.15, 0.2) is 12.5 Å². The number of aliphatic carboxylic acids is 1. The molecule has 0 aliphatic rings. The van der Waals surface area contributed by atoms with Crippen LogP contribution in [0.5, 0.6) is 0 Å². The van der Waals surface area contributed by atoms with Gasteiger partial charge in [-0.05, 0) is 0 Å². The molecule has 2 rings (SSSR count). The maximum Gasteiger partial charge on any atom is 0.323 e. The smallest absolute Gasteiger partial charge is 0.323 e. The van der Waals surface area contributed by atoms with Crippen LogP contribution in [0, 0.1) is 0 Å². The predicted molar refractivity (Wildman–Crippen MR) is 68.0 cm³/mol. The van der Waals surface area contributed by atoms with E-state index in [1.54, 1.807) is 29.9 Å². The summed E-state index contributed by atoms with van der Waals surface area (Å²) in [7, 11) is 3.34. The normalized spacial score (nSPS) is 10.8. The summed E-state index contributed by atoms with van der Waals surface area (Å²) in [5, 5.41) is 13.8. The van der Waals surface area contributed by atoms with Gasteiger partial charge < -0.3 is 14.7 Å². The summed E-state index contributed by atoms with van der Waals surface area (Å²) in [5.74, 6) is -0.371. The lowest BCUT2D eigenvalue weighted by atomic mass is 10.3. The highest BCUT2D eigenvalue weighted by molar-refractivity contribution is 5.88. The van der Waals surface area contributed by atoms with E-state index < -0.39 is 5.97 Å². The Balaban J connectivity index is 2.39. The van der Waals surface area contributed by atoms with Crippen LogP contribution in [0.2, 0.25) is 0 Å². The van der Waals surface area contributed by atoms with E-state index in [-0.39, 0.29) is 6.54 Å². The Morgan fingerprint density at radius 3 is 3.00 bits per heavy atom. The van der Waals surface area contributed by atoms with Crippen LogP contribution in [-0.4, -0.2) is 57.6 Å². The lowest BCUT2D eigenvalue weighted by molar-refractivity contribution is -0.135. The van der Waals surface area contributed by atoms with Crippen molar-refractivity contribution in [1.82, 2.24) is 19.7 Å². The molecular formula is C11H15N5O3. The first-order valence-electron chi connectivity index (χ1n) is 5.72. The molecule has 2 aromatic heterocycles. The van der Waals surface area contributed by atoms with Gasteiger partial charge in [0.05, 0.1) is 18.2 Å². The molecule has 19 heavy (non-hydrogen) atoms. The Hall–Kier alpha value is -2.22. The predicted octanol–water partition coefficient (Wildman–Crippen LogP) is -0.0993. The van der Waals surface area contributed by atoms with Gasteiger partial charge in [0.15, 0.2) is 5.65 Å². The van der Waals surface area contributed by atoms with E-state index in [1.165, 1.54) is 6.33 Å². The number of rotatable bonds is 6. The Morgan fingerprint density at radius 2 is 2.32 bits per heavy atom. The zero-order chi connectivity index (χ0) is 13.8. The van der Waals surface area contributed by atoms with E-state index in [2.05, 4.69) is 15.1 Å². The number of carboxylic acid groups (broad SMARTS) is 1. The number of carboxylic acids is 1. The number of aromatic nitrogens is 4. The topological polar surface area (TPSA) is 93.4 Å². The molecule has 102 valence electrons. The minimum Gasteiger partial charge on any atom is -0.480 e. The van der Waals surface area contributed by atoms with Crippen molar-refractivity contribution >= 4 is 22.8 Å². The number of hydrogen-bond donors (Lipinski definition) is 1.